The van der Waals surface area contributed by atoms with Crippen LogP contribution in [0.2, 0.25) is 0 Å². The Hall–Kier alpha value is -3.27. The maximum absolute atomic E-state index is 6.07. The van der Waals surface area contributed by atoms with Gasteiger partial charge in [-0.3, -0.25) is 4.98 Å². The molecule has 1 aromatic heterocycles. The molecular formula is C24H25NO3. The molecule has 0 aliphatic heterocycles. The van der Waals surface area contributed by atoms with E-state index in [0.717, 1.165) is 22.6 Å². The molecule has 0 amide bonds. The molecule has 144 valence electrons. The van der Waals surface area contributed by atoms with Gasteiger partial charge in [0, 0.05) is 11.8 Å². The third-order valence-electron chi connectivity index (χ3n) is 4.59. The van der Waals surface area contributed by atoms with Crippen molar-refractivity contribution >= 4 is 12.2 Å². The third-order valence-corrected chi connectivity index (χ3v) is 4.59. The summed E-state index contributed by atoms with van der Waals surface area (Å²) in [5.74, 6) is 2.26. The fraction of sp³-hybridized carbons (Fsp3) is 0.208. The van der Waals surface area contributed by atoms with Crippen LogP contribution in [0.3, 0.4) is 0 Å². The molecule has 0 bridgehead atoms. The predicted molar refractivity (Wildman–Crippen MR) is 113 cm³/mol. The van der Waals surface area contributed by atoms with Gasteiger partial charge in [0.15, 0.2) is 11.5 Å². The van der Waals surface area contributed by atoms with E-state index in [4.69, 9.17) is 14.2 Å². The Morgan fingerprint density at radius 2 is 1.61 bits per heavy atom. The van der Waals surface area contributed by atoms with Gasteiger partial charge < -0.3 is 14.2 Å². The number of hydrogen-bond acceptors (Lipinski definition) is 4. The Morgan fingerprint density at radius 1 is 0.821 bits per heavy atom. The second-order valence-electron chi connectivity index (χ2n) is 6.53. The number of ether oxygens (including phenoxy) is 3. The zero-order chi connectivity index (χ0) is 19.9. The van der Waals surface area contributed by atoms with Crippen LogP contribution < -0.4 is 14.2 Å². The minimum atomic E-state index is 0.431. The number of pyridine rings is 1. The summed E-state index contributed by atoms with van der Waals surface area (Å²) in [6.45, 7) is 4.62. The van der Waals surface area contributed by atoms with E-state index < -0.39 is 0 Å². The van der Waals surface area contributed by atoms with Crippen molar-refractivity contribution in [3.8, 4) is 17.2 Å². The summed E-state index contributed by atoms with van der Waals surface area (Å²) in [6.07, 6.45) is 5.87. The van der Waals surface area contributed by atoms with Gasteiger partial charge in [-0.25, -0.2) is 0 Å². The van der Waals surface area contributed by atoms with Gasteiger partial charge in [-0.2, -0.15) is 0 Å². The Kier molecular flexibility index (Phi) is 6.33. The molecule has 0 atom stereocenters. The van der Waals surface area contributed by atoms with Crippen molar-refractivity contribution in [2.45, 2.75) is 20.5 Å². The Balaban J connectivity index is 1.86. The largest absolute Gasteiger partial charge is 0.493 e. The maximum Gasteiger partial charge on any atom is 0.161 e. The number of hydrogen-bond donors (Lipinski definition) is 0. The summed E-state index contributed by atoms with van der Waals surface area (Å²) in [7, 11) is 3.27. The lowest BCUT2D eigenvalue weighted by Crippen LogP contribution is -2.00. The summed E-state index contributed by atoms with van der Waals surface area (Å²) in [6, 6.07) is 15.9. The molecule has 1 heterocycles. The fourth-order valence-corrected chi connectivity index (χ4v) is 2.84. The van der Waals surface area contributed by atoms with E-state index in [-0.39, 0.29) is 0 Å². The van der Waals surface area contributed by atoms with Gasteiger partial charge >= 0.3 is 0 Å². The molecule has 0 aliphatic rings. The SMILES string of the molecule is COc1ccc(/C=C/c2cc(C)c(C)cc2OCc2ccccn2)cc1OC. The lowest BCUT2D eigenvalue weighted by Gasteiger charge is -2.12. The van der Waals surface area contributed by atoms with Gasteiger partial charge in [0.2, 0.25) is 0 Å². The van der Waals surface area contributed by atoms with E-state index in [9.17, 15) is 0 Å². The molecule has 0 unspecified atom stereocenters. The quantitative estimate of drug-likeness (QED) is 0.514. The zero-order valence-corrected chi connectivity index (χ0v) is 16.7. The molecule has 0 radical (unpaired) electrons. The highest BCUT2D eigenvalue weighted by atomic mass is 16.5. The topological polar surface area (TPSA) is 40.6 Å². The first kappa shape index (κ1) is 19.5. The van der Waals surface area contributed by atoms with Crippen molar-refractivity contribution in [3.05, 3.63) is 82.7 Å². The van der Waals surface area contributed by atoms with Crippen molar-refractivity contribution in [2.24, 2.45) is 0 Å². The van der Waals surface area contributed by atoms with Crippen molar-refractivity contribution < 1.29 is 14.2 Å². The van der Waals surface area contributed by atoms with Gasteiger partial charge in [-0.1, -0.05) is 24.3 Å². The van der Waals surface area contributed by atoms with Gasteiger partial charge in [0.25, 0.3) is 0 Å². The first-order valence-electron chi connectivity index (χ1n) is 9.14. The molecule has 3 rings (SSSR count). The number of methoxy groups -OCH3 is 2. The van der Waals surface area contributed by atoms with Crippen molar-refractivity contribution in [1.29, 1.82) is 0 Å². The summed E-state index contributed by atoms with van der Waals surface area (Å²) < 4.78 is 16.8. The number of nitrogens with zero attached hydrogens (tertiary/aromatic N) is 1. The van der Waals surface area contributed by atoms with Crippen molar-refractivity contribution in [1.82, 2.24) is 4.98 Å². The highest BCUT2D eigenvalue weighted by molar-refractivity contribution is 5.74. The Morgan fingerprint density at radius 3 is 2.32 bits per heavy atom. The van der Waals surface area contributed by atoms with Crippen LogP contribution in [-0.2, 0) is 6.61 Å². The lowest BCUT2D eigenvalue weighted by atomic mass is 10.0. The first-order chi connectivity index (χ1) is 13.6. The molecule has 2 aromatic carbocycles. The van der Waals surface area contributed by atoms with Crippen LogP contribution in [0, 0.1) is 13.8 Å². The number of benzene rings is 2. The van der Waals surface area contributed by atoms with E-state index in [1.807, 2.05) is 42.5 Å². The molecule has 4 nitrogen and oxygen atoms in total. The molecule has 0 N–H and O–H groups in total. The number of aromatic nitrogens is 1. The Labute approximate surface area is 166 Å². The molecule has 4 heteroatoms. The standard InChI is InChI=1S/C24H25NO3/c1-17-13-20(10-8-19-9-11-22(26-3)24(15-19)27-4)23(14-18(17)2)28-16-21-7-5-6-12-25-21/h5-15H,16H2,1-4H3/b10-8+. The van der Waals surface area contributed by atoms with E-state index in [2.05, 4.69) is 37.0 Å². The monoisotopic (exact) mass is 375 g/mol. The third kappa shape index (κ3) is 4.71. The van der Waals surface area contributed by atoms with Crippen LogP contribution in [0.15, 0.2) is 54.7 Å². The van der Waals surface area contributed by atoms with E-state index in [1.165, 1.54) is 11.1 Å². The number of rotatable bonds is 7. The Bertz CT molecular complexity index is 965. The minimum absolute atomic E-state index is 0.431. The summed E-state index contributed by atoms with van der Waals surface area (Å²) in [5.41, 5.74) is 5.35. The van der Waals surface area contributed by atoms with E-state index >= 15 is 0 Å². The first-order valence-corrected chi connectivity index (χ1v) is 9.14. The summed E-state index contributed by atoms with van der Waals surface area (Å²) in [5, 5.41) is 0. The molecule has 0 aliphatic carbocycles. The maximum atomic E-state index is 6.07. The lowest BCUT2D eigenvalue weighted by molar-refractivity contribution is 0.300. The molecular weight excluding hydrogens is 350 g/mol. The smallest absolute Gasteiger partial charge is 0.161 e. The molecule has 0 fully saturated rings. The van der Waals surface area contributed by atoms with Gasteiger partial charge in [-0.05, 0) is 66.9 Å². The highest BCUT2D eigenvalue weighted by Gasteiger charge is 2.07. The fourth-order valence-electron chi connectivity index (χ4n) is 2.84. The average molecular weight is 375 g/mol. The van der Waals surface area contributed by atoms with Crippen molar-refractivity contribution in [2.75, 3.05) is 14.2 Å². The second-order valence-corrected chi connectivity index (χ2v) is 6.53. The van der Waals surface area contributed by atoms with Crippen LogP contribution in [-0.4, -0.2) is 19.2 Å². The van der Waals surface area contributed by atoms with Crippen LogP contribution in [0.5, 0.6) is 17.2 Å². The number of aryl methyl sites for hydroxylation is 2. The average Bonchev–Trinajstić information content (AvgIpc) is 2.73. The highest BCUT2D eigenvalue weighted by Crippen LogP contribution is 2.30. The van der Waals surface area contributed by atoms with Gasteiger partial charge in [-0.15, -0.1) is 0 Å². The molecule has 0 spiro atoms. The van der Waals surface area contributed by atoms with Gasteiger partial charge in [0.1, 0.15) is 12.4 Å². The molecule has 28 heavy (non-hydrogen) atoms. The summed E-state index contributed by atoms with van der Waals surface area (Å²) in [4.78, 5) is 4.32. The van der Waals surface area contributed by atoms with Crippen LogP contribution in [0.4, 0.5) is 0 Å². The summed E-state index contributed by atoms with van der Waals surface area (Å²) >= 11 is 0. The normalized spacial score (nSPS) is 10.9. The van der Waals surface area contributed by atoms with E-state index in [0.29, 0.717) is 18.1 Å². The molecule has 0 saturated carbocycles. The van der Waals surface area contributed by atoms with E-state index in [1.54, 1.807) is 20.4 Å². The van der Waals surface area contributed by atoms with Crippen LogP contribution >= 0.6 is 0 Å². The van der Waals surface area contributed by atoms with Crippen LogP contribution in [0.25, 0.3) is 12.2 Å². The van der Waals surface area contributed by atoms with Crippen LogP contribution in [0.1, 0.15) is 27.9 Å². The van der Waals surface area contributed by atoms with Crippen molar-refractivity contribution in [3.63, 3.8) is 0 Å². The van der Waals surface area contributed by atoms with Gasteiger partial charge in [0.05, 0.1) is 19.9 Å². The predicted octanol–water partition coefficient (Wildman–Crippen LogP) is 5.47. The molecule has 0 saturated heterocycles. The minimum Gasteiger partial charge on any atom is -0.493 e. The zero-order valence-electron chi connectivity index (χ0n) is 16.7. The second kappa shape index (κ2) is 9.09. The molecule has 3 aromatic rings.